The highest BCUT2D eigenvalue weighted by Crippen LogP contribution is 2.34. The fourth-order valence-corrected chi connectivity index (χ4v) is 7.63. The molecule has 10 heteroatoms. The van der Waals surface area contributed by atoms with Gasteiger partial charge in [-0.15, -0.1) is 0 Å². The first-order chi connectivity index (χ1) is 15.8. The molecular weight excluding hydrogens is 460 g/mol. The molecule has 178 valence electrons. The number of aliphatic imine (C=N–C) groups is 1. The molecule has 2 aliphatic rings. The predicted molar refractivity (Wildman–Crippen MR) is 132 cm³/mol. The third-order valence-electron chi connectivity index (χ3n) is 5.78. The Morgan fingerprint density at radius 2 is 2.03 bits per heavy atom. The normalized spacial score (nSPS) is 21.3. The number of rotatable bonds is 9. The van der Waals surface area contributed by atoms with Crippen molar-refractivity contribution in [2.75, 3.05) is 29.9 Å². The van der Waals surface area contributed by atoms with Crippen molar-refractivity contribution in [2.24, 2.45) is 4.99 Å². The summed E-state index contributed by atoms with van der Waals surface area (Å²) >= 11 is 1.49. The number of sulfone groups is 1. The number of hydrogen-bond acceptors (Lipinski definition) is 8. The Morgan fingerprint density at radius 3 is 2.70 bits per heavy atom. The van der Waals surface area contributed by atoms with Crippen molar-refractivity contribution in [1.29, 1.82) is 0 Å². The molecule has 33 heavy (non-hydrogen) atoms. The Bertz CT molecular complexity index is 1080. The molecule has 8 nitrogen and oxygen atoms in total. The van der Waals surface area contributed by atoms with Crippen LogP contribution in [0.2, 0.25) is 0 Å². The second-order valence-electron chi connectivity index (χ2n) is 8.73. The number of anilines is 1. The molecule has 3 heterocycles. The summed E-state index contributed by atoms with van der Waals surface area (Å²) < 4.78 is 28.8. The number of fused-ring (bicyclic) bond motifs is 1. The van der Waals surface area contributed by atoms with Crippen molar-refractivity contribution in [3.63, 3.8) is 0 Å². The Labute approximate surface area is 199 Å². The Hall–Kier alpha value is -2.30. The third kappa shape index (κ3) is 6.61. The first-order valence-corrected chi connectivity index (χ1v) is 13.8. The third-order valence-corrected chi connectivity index (χ3v) is 8.92. The van der Waals surface area contributed by atoms with Gasteiger partial charge in [-0.25, -0.2) is 8.42 Å². The predicted octanol–water partition coefficient (Wildman–Crippen LogP) is 2.53. The molecule has 2 atom stereocenters. The Balaban J connectivity index is 1.21. The highest BCUT2D eigenvalue weighted by Gasteiger charge is 2.42. The fourth-order valence-electron chi connectivity index (χ4n) is 3.95. The van der Waals surface area contributed by atoms with E-state index in [1.165, 1.54) is 11.8 Å². The van der Waals surface area contributed by atoms with E-state index in [9.17, 15) is 13.2 Å². The number of nitrogens with zero attached hydrogens (tertiary/aromatic N) is 2. The first kappa shape index (κ1) is 23.8. The molecule has 0 saturated carbocycles. The molecule has 0 aliphatic carbocycles. The lowest BCUT2D eigenvalue weighted by molar-refractivity contribution is -0.120. The number of amidine groups is 1. The summed E-state index contributed by atoms with van der Waals surface area (Å²) in [7, 11) is -2.95. The van der Waals surface area contributed by atoms with Crippen LogP contribution in [0.3, 0.4) is 0 Å². The molecule has 2 aromatic rings. The van der Waals surface area contributed by atoms with Crippen LogP contribution in [0.25, 0.3) is 0 Å². The average Bonchev–Trinajstić information content (AvgIpc) is 3.44. The number of amides is 1. The molecular formula is C23H30N4O4S2. The Kier molecular flexibility index (Phi) is 7.45. The zero-order valence-corrected chi connectivity index (χ0v) is 20.5. The number of carbonyl (C=O) groups excluding carboxylic acids is 1. The molecule has 1 fully saturated rings. The van der Waals surface area contributed by atoms with Crippen LogP contribution in [-0.4, -0.2) is 66.3 Å². The van der Waals surface area contributed by atoms with Crippen molar-refractivity contribution in [1.82, 2.24) is 10.2 Å². The number of hydrogen-bond donors (Lipinski definition) is 2. The zero-order valence-electron chi connectivity index (χ0n) is 18.9. The summed E-state index contributed by atoms with van der Waals surface area (Å²) in [5.41, 5.74) is 1.80. The number of thioether (sulfide) groups is 1. The summed E-state index contributed by atoms with van der Waals surface area (Å²) in [6.07, 6.45) is 1.99. The molecule has 1 aromatic carbocycles. The van der Waals surface area contributed by atoms with Gasteiger partial charge in [0.2, 0.25) is 5.91 Å². The highest BCUT2D eigenvalue weighted by molar-refractivity contribution is 8.15. The van der Waals surface area contributed by atoms with Gasteiger partial charge < -0.3 is 15.1 Å². The minimum atomic E-state index is -2.95. The van der Waals surface area contributed by atoms with Gasteiger partial charge in [-0.2, -0.15) is 0 Å². The first-order valence-electron chi connectivity index (χ1n) is 11.1. The van der Waals surface area contributed by atoms with E-state index in [1.807, 2.05) is 36.4 Å². The smallest absolute Gasteiger partial charge is 0.224 e. The van der Waals surface area contributed by atoms with Crippen LogP contribution in [0.1, 0.15) is 25.2 Å². The van der Waals surface area contributed by atoms with Crippen molar-refractivity contribution >= 4 is 38.4 Å². The lowest BCUT2D eigenvalue weighted by atomic mass is 10.1. The molecule has 4 rings (SSSR count). The van der Waals surface area contributed by atoms with Gasteiger partial charge in [-0.1, -0.05) is 23.9 Å². The fraction of sp³-hybridized carbons (Fsp3) is 0.478. The number of furan rings is 1. The van der Waals surface area contributed by atoms with Gasteiger partial charge >= 0.3 is 0 Å². The van der Waals surface area contributed by atoms with E-state index in [2.05, 4.69) is 34.4 Å². The van der Waals surface area contributed by atoms with Gasteiger partial charge in [0.15, 0.2) is 15.0 Å². The molecule has 0 unspecified atom stereocenters. The van der Waals surface area contributed by atoms with Crippen LogP contribution in [-0.2, 0) is 27.6 Å². The zero-order chi connectivity index (χ0) is 23.4. The lowest BCUT2D eigenvalue weighted by Crippen LogP contribution is -2.38. The number of benzene rings is 1. The van der Waals surface area contributed by atoms with E-state index < -0.39 is 9.84 Å². The van der Waals surface area contributed by atoms with Crippen molar-refractivity contribution in [2.45, 2.75) is 44.1 Å². The van der Waals surface area contributed by atoms with Crippen LogP contribution in [0.4, 0.5) is 5.69 Å². The van der Waals surface area contributed by atoms with Gasteiger partial charge in [-0.05, 0) is 43.7 Å². The van der Waals surface area contributed by atoms with Gasteiger partial charge in [0.25, 0.3) is 0 Å². The lowest BCUT2D eigenvalue weighted by Gasteiger charge is -2.25. The SMILES string of the molecule is CC(C)N(CCNC(=O)Cc1ccc(NC2=N[C@@H]3CS(=O)(=O)C[C@H]3S2)cc1)Cc1ccco1. The molecule has 2 aliphatic heterocycles. The van der Waals surface area contributed by atoms with Crippen molar-refractivity contribution in [3.05, 3.63) is 54.0 Å². The molecule has 0 spiro atoms. The van der Waals surface area contributed by atoms with E-state index in [1.54, 1.807) is 6.26 Å². The van der Waals surface area contributed by atoms with Crippen LogP contribution in [0.5, 0.6) is 0 Å². The second kappa shape index (κ2) is 10.3. The van der Waals surface area contributed by atoms with Gasteiger partial charge in [0.05, 0.1) is 36.8 Å². The van der Waals surface area contributed by atoms with Crippen LogP contribution in [0, 0.1) is 0 Å². The Morgan fingerprint density at radius 1 is 1.24 bits per heavy atom. The van der Waals surface area contributed by atoms with E-state index in [-0.39, 0.29) is 28.7 Å². The van der Waals surface area contributed by atoms with Gasteiger partial charge in [0, 0.05) is 30.1 Å². The quantitative estimate of drug-likeness (QED) is 0.557. The summed E-state index contributed by atoms with van der Waals surface area (Å²) in [5, 5.41) is 7.04. The minimum absolute atomic E-state index is 0.0119. The minimum Gasteiger partial charge on any atom is -0.468 e. The standard InChI is InChI=1S/C23H30N4O4S2/c1-16(2)27(13-19-4-3-11-31-19)10-9-24-22(28)12-17-5-7-18(8-6-17)25-23-26-20-14-33(29,30)15-21(20)32-23/h3-8,11,16,20-21H,9-10,12-15H2,1-2H3,(H,24,28)(H,25,26)/t20-,21-/m1/s1. The summed E-state index contributed by atoms with van der Waals surface area (Å²) in [5.74, 6) is 1.24. The number of nitrogens with one attached hydrogen (secondary N) is 2. The highest BCUT2D eigenvalue weighted by atomic mass is 32.2. The van der Waals surface area contributed by atoms with Crippen LogP contribution in [0.15, 0.2) is 52.1 Å². The summed E-state index contributed by atoms with van der Waals surface area (Å²) in [4.78, 5) is 19.1. The van der Waals surface area contributed by atoms with E-state index in [4.69, 9.17) is 4.42 Å². The number of carbonyl (C=O) groups is 1. The second-order valence-corrected chi connectivity index (χ2v) is 12.1. The maximum absolute atomic E-state index is 12.4. The van der Waals surface area contributed by atoms with E-state index in [0.29, 0.717) is 19.0 Å². The van der Waals surface area contributed by atoms with E-state index >= 15 is 0 Å². The molecule has 0 bridgehead atoms. The molecule has 1 amide bonds. The van der Waals surface area contributed by atoms with Gasteiger partial charge in [-0.3, -0.25) is 14.7 Å². The van der Waals surface area contributed by atoms with Crippen LogP contribution >= 0.6 is 11.8 Å². The van der Waals surface area contributed by atoms with Gasteiger partial charge in [0.1, 0.15) is 5.76 Å². The monoisotopic (exact) mass is 490 g/mol. The molecule has 1 aromatic heterocycles. The molecule has 0 radical (unpaired) electrons. The van der Waals surface area contributed by atoms with E-state index in [0.717, 1.165) is 35.3 Å². The topological polar surface area (TPSA) is 104 Å². The largest absolute Gasteiger partial charge is 0.468 e. The summed E-state index contributed by atoms with van der Waals surface area (Å²) in [6.45, 7) is 6.30. The van der Waals surface area contributed by atoms with Crippen molar-refractivity contribution < 1.29 is 17.6 Å². The summed E-state index contributed by atoms with van der Waals surface area (Å²) in [6, 6.07) is 11.7. The maximum atomic E-state index is 12.4. The average molecular weight is 491 g/mol. The van der Waals surface area contributed by atoms with Crippen molar-refractivity contribution in [3.8, 4) is 0 Å². The maximum Gasteiger partial charge on any atom is 0.224 e. The van der Waals surface area contributed by atoms with Crippen LogP contribution < -0.4 is 10.6 Å². The molecule has 2 N–H and O–H groups in total. The molecule has 1 saturated heterocycles.